The van der Waals surface area contributed by atoms with Gasteiger partial charge in [-0.05, 0) is 42.1 Å². The first-order valence-corrected chi connectivity index (χ1v) is 8.35. The molecule has 7 heteroatoms. The molecule has 2 aromatic heterocycles. The number of carbonyl (C=O) groups excluding carboxylic acids is 1. The molecule has 0 aliphatic carbocycles. The minimum absolute atomic E-state index is 0.227. The van der Waals surface area contributed by atoms with Gasteiger partial charge in [0.15, 0.2) is 0 Å². The van der Waals surface area contributed by atoms with E-state index in [0.29, 0.717) is 22.3 Å². The van der Waals surface area contributed by atoms with Crippen molar-refractivity contribution in [2.24, 2.45) is 0 Å². The maximum atomic E-state index is 11.9. The predicted molar refractivity (Wildman–Crippen MR) is 101 cm³/mol. The van der Waals surface area contributed by atoms with Crippen LogP contribution in [0.4, 0.5) is 4.79 Å². The number of nitrogens with zero attached hydrogens (tertiary/aromatic N) is 2. The number of rotatable bonds is 3. The zero-order valence-electron chi connectivity index (χ0n) is 15.1. The first-order chi connectivity index (χ1) is 13.1. The third-order valence-electron chi connectivity index (χ3n) is 4.83. The van der Waals surface area contributed by atoms with Gasteiger partial charge in [0.2, 0.25) is 0 Å². The zero-order valence-corrected chi connectivity index (χ0v) is 15.1. The highest BCUT2D eigenvalue weighted by Gasteiger charge is 2.22. The third-order valence-corrected chi connectivity index (χ3v) is 4.83. The van der Waals surface area contributed by atoms with E-state index in [9.17, 15) is 9.90 Å². The van der Waals surface area contributed by atoms with Crippen LogP contribution in [0.25, 0.3) is 32.6 Å². The van der Waals surface area contributed by atoms with E-state index in [2.05, 4.69) is 9.72 Å². The molecule has 4 aromatic rings. The van der Waals surface area contributed by atoms with Gasteiger partial charge in [-0.25, -0.2) is 4.79 Å². The van der Waals surface area contributed by atoms with Crippen LogP contribution in [-0.2, 0) is 11.3 Å². The summed E-state index contributed by atoms with van der Waals surface area (Å²) < 4.78 is 11.5. The Morgan fingerprint density at radius 2 is 2.00 bits per heavy atom. The number of hydrogen-bond donors (Lipinski definition) is 1. The third kappa shape index (κ3) is 2.47. The van der Waals surface area contributed by atoms with E-state index in [1.165, 1.54) is 11.8 Å². The summed E-state index contributed by atoms with van der Waals surface area (Å²) in [4.78, 5) is 21.5. The number of ether oxygens (including phenoxy) is 2. The fourth-order valence-corrected chi connectivity index (χ4v) is 3.61. The summed E-state index contributed by atoms with van der Waals surface area (Å²) in [6.45, 7) is 1.75. The Morgan fingerprint density at radius 1 is 1.19 bits per heavy atom. The van der Waals surface area contributed by atoms with E-state index in [1.807, 2.05) is 19.1 Å². The van der Waals surface area contributed by atoms with Crippen molar-refractivity contribution in [1.29, 1.82) is 0 Å². The lowest BCUT2D eigenvalue weighted by Crippen LogP contribution is -2.19. The molecule has 0 aliphatic rings. The smallest absolute Gasteiger partial charge is 0.497 e. The first kappa shape index (κ1) is 17.1. The number of hydrogen-bond acceptors (Lipinski definition) is 6. The molecular formula is C20H18N2O5. The average molecular weight is 366 g/mol. The van der Waals surface area contributed by atoms with Gasteiger partial charge in [-0.15, -0.1) is 0 Å². The van der Waals surface area contributed by atoms with Crippen molar-refractivity contribution in [3.8, 4) is 5.75 Å². The summed E-state index contributed by atoms with van der Waals surface area (Å²) in [7, 11) is 2.84. The molecule has 0 atom stereocenters. The van der Waals surface area contributed by atoms with Crippen LogP contribution in [0.15, 0.2) is 36.7 Å². The van der Waals surface area contributed by atoms with Crippen molar-refractivity contribution in [1.82, 2.24) is 9.71 Å². The summed E-state index contributed by atoms with van der Waals surface area (Å²) in [6.07, 6.45) is 2.60. The minimum atomic E-state index is -0.846. The van der Waals surface area contributed by atoms with Gasteiger partial charge in [0, 0.05) is 34.1 Å². The second-order valence-corrected chi connectivity index (χ2v) is 6.13. The molecule has 0 amide bonds. The lowest BCUT2D eigenvalue weighted by atomic mass is 9.96. The monoisotopic (exact) mass is 366 g/mol. The van der Waals surface area contributed by atoms with Crippen molar-refractivity contribution >= 4 is 38.7 Å². The standard InChI is InChI=1S/C20H18N2O5/c1-11-15-9-21-7-6-13(15)16(10-23)19-18(11)14-8-12(25-2)4-5-17(14)22(19)27-20(24)26-3/h4-9,23H,10H2,1-3H3. The van der Waals surface area contributed by atoms with E-state index in [0.717, 1.165) is 27.1 Å². The predicted octanol–water partition coefficient (Wildman–Crippen LogP) is 3.35. The number of carbonyl (C=O) groups is 1. The van der Waals surface area contributed by atoms with Gasteiger partial charge < -0.3 is 19.4 Å². The average Bonchev–Trinajstić information content (AvgIpc) is 3.02. The van der Waals surface area contributed by atoms with Gasteiger partial charge in [-0.3, -0.25) is 4.98 Å². The van der Waals surface area contributed by atoms with Gasteiger partial charge in [-0.2, -0.15) is 4.73 Å². The molecule has 2 heterocycles. The van der Waals surface area contributed by atoms with Gasteiger partial charge in [-0.1, -0.05) is 0 Å². The SMILES string of the molecule is COC(=O)On1c2ccc(OC)cc2c2c(C)c3cnccc3c(CO)c21. The van der Waals surface area contributed by atoms with Crippen LogP contribution >= 0.6 is 0 Å². The maximum Gasteiger partial charge on any atom is 0.533 e. The lowest BCUT2D eigenvalue weighted by Gasteiger charge is -2.13. The van der Waals surface area contributed by atoms with Crippen molar-refractivity contribution in [2.45, 2.75) is 13.5 Å². The topological polar surface area (TPSA) is 82.8 Å². The molecule has 7 nitrogen and oxygen atoms in total. The minimum Gasteiger partial charge on any atom is -0.497 e. The fourth-order valence-electron chi connectivity index (χ4n) is 3.61. The molecule has 0 saturated carbocycles. The second kappa shape index (κ2) is 6.44. The summed E-state index contributed by atoms with van der Waals surface area (Å²) in [5.41, 5.74) is 2.89. The molecule has 27 heavy (non-hydrogen) atoms. The highest BCUT2D eigenvalue weighted by atomic mass is 16.8. The Labute approximate surface area is 154 Å². The summed E-state index contributed by atoms with van der Waals surface area (Å²) >= 11 is 0. The fraction of sp³-hybridized carbons (Fsp3) is 0.200. The molecule has 1 N–H and O–H groups in total. The molecule has 0 aliphatic heterocycles. The van der Waals surface area contributed by atoms with Crippen molar-refractivity contribution in [3.63, 3.8) is 0 Å². The maximum absolute atomic E-state index is 11.9. The number of aliphatic hydroxyl groups is 1. The summed E-state index contributed by atoms with van der Waals surface area (Å²) in [5, 5.41) is 13.6. The normalized spacial score (nSPS) is 11.3. The Hall–Kier alpha value is -3.32. The van der Waals surface area contributed by atoms with Crippen LogP contribution in [0.1, 0.15) is 11.1 Å². The van der Waals surface area contributed by atoms with Crippen LogP contribution in [0.5, 0.6) is 5.75 Å². The molecule has 0 saturated heterocycles. The van der Waals surface area contributed by atoms with Crippen LogP contribution in [0.2, 0.25) is 0 Å². The number of pyridine rings is 1. The zero-order chi connectivity index (χ0) is 19.1. The molecule has 2 aromatic carbocycles. The number of benzene rings is 2. The van der Waals surface area contributed by atoms with Gasteiger partial charge in [0.1, 0.15) is 5.75 Å². The molecule has 0 fully saturated rings. The number of aromatic nitrogens is 2. The molecule has 0 unspecified atom stereocenters. The van der Waals surface area contributed by atoms with Gasteiger partial charge in [0.05, 0.1) is 31.9 Å². The van der Waals surface area contributed by atoms with E-state index in [4.69, 9.17) is 9.57 Å². The number of fused-ring (bicyclic) bond motifs is 4. The lowest BCUT2D eigenvalue weighted by molar-refractivity contribution is 0.0715. The molecule has 0 radical (unpaired) electrons. The summed E-state index contributed by atoms with van der Waals surface area (Å²) in [6, 6.07) is 7.31. The van der Waals surface area contributed by atoms with Crippen molar-refractivity contribution in [2.75, 3.05) is 14.2 Å². The van der Waals surface area contributed by atoms with Gasteiger partial charge in [0.25, 0.3) is 0 Å². The van der Waals surface area contributed by atoms with Crippen LogP contribution < -0.4 is 9.57 Å². The van der Waals surface area contributed by atoms with E-state index >= 15 is 0 Å². The molecule has 0 spiro atoms. The van der Waals surface area contributed by atoms with E-state index < -0.39 is 6.16 Å². The first-order valence-electron chi connectivity index (χ1n) is 8.35. The summed E-state index contributed by atoms with van der Waals surface area (Å²) in [5.74, 6) is 0.677. The Morgan fingerprint density at radius 3 is 2.70 bits per heavy atom. The molecule has 4 rings (SSSR count). The highest BCUT2D eigenvalue weighted by molar-refractivity contribution is 6.17. The van der Waals surface area contributed by atoms with Crippen molar-refractivity contribution < 1.29 is 24.2 Å². The van der Waals surface area contributed by atoms with Crippen molar-refractivity contribution in [3.05, 3.63) is 47.8 Å². The van der Waals surface area contributed by atoms with Gasteiger partial charge >= 0.3 is 6.16 Å². The molecular weight excluding hydrogens is 348 g/mol. The molecule has 0 bridgehead atoms. The van der Waals surface area contributed by atoms with Crippen LogP contribution in [0.3, 0.4) is 0 Å². The van der Waals surface area contributed by atoms with E-state index in [1.54, 1.807) is 31.6 Å². The van der Waals surface area contributed by atoms with Crippen LogP contribution in [-0.4, -0.2) is 35.2 Å². The number of methoxy groups -OCH3 is 2. The number of aryl methyl sites for hydroxylation is 1. The van der Waals surface area contributed by atoms with Crippen LogP contribution in [0, 0.1) is 6.92 Å². The quantitative estimate of drug-likeness (QED) is 0.560. The largest absolute Gasteiger partial charge is 0.533 e. The second-order valence-electron chi connectivity index (χ2n) is 6.13. The Balaban J connectivity index is 2.26. The Kier molecular flexibility index (Phi) is 4.08. The number of aliphatic hydroxyl groups excluding tert-OH is 1. The molecule has 138 valence electrons. The van der Waals surface area contributed by atoms with E-state index in [-0.39, 0.29) is 6.61 Å². The Bertz CT molecular complexity index is 1200. The highest BCUT2D eigenvalue weighted by Crippen LogP contribution is 2.39.